The van der Waals surface area contributed by atoms with E-state index < -0.39 is 0 Å². The number of piperidine rings is 1. The Morgan fingerprint density at radius 2 is 1.15 bits per heavy atom. The lowest BCUT2D eigenvalue weighted by molar-refractivity contribution is 0.00377. The minimum atomic E-state index is 0.344. The normalized spacial score (nSPS) is 25.8. The van der Waals surface area contributed by atoms with Crippen molar-refractivity contribution in [2.75, 3.05) is 46.3 Å². The molecule has 156 valence electrons. The minimum Gasteiger partial charge on any atom is -0.306 e. The maximum absolute atomic E-state index is 2.81. The lowest BCUT2D eigenvalue weighted by atomic mass is 9.66. The van der Waals surface area contributed by atoms with Crippen LogP contribution in [0.25, 0.3) is 0 Å². The van der Waals surface area contributed by atoms with Crippen LogP contribution >= 0.6 is 0 Å². The molecule has 0 aromatic carbocycles. The summed E-state index contributed by atoms with van der Waals surface area (Å²) in [5.41, 5.74) is 1.06. The minimum absolute atomic E-state index is 0.344. The molecule has 3 heteroatoms. The SMILES string of the molecule is CC.CC.CN1CCC2(CCC(N3CCN(C(C)(C)C)CC3)CC2)CC1. The van der Waals surface area contributed by atoms with Gasteiger partial charge in [0, 0.05) is 37.8 Å². The molecule has 0 N–H and O–H groups in total. The smallest absolute Gasteiger partial charge is 0.0126 e. The highest BCUT2D eigenvalue weighted by molar-refractivity contribution is 4.93. The van der Waals surface area contributed by atoms with Gasteiger partial charge in [-0.3, -0.25) is 9.80 Å². The van der Waals surface area contributed by atoms with Gasteiger partial charge in [0.2, 0.25) is 0 Å². The van der Waals surface area contributed by atoms with Gasteiger partial charge in [0.1, 0.15) is 0 Å². The van der Waals surface area contributed by atoms with Crippen molar-refractivity contribution in [2.45, 2.75) is 98.6 Å². The molecule has 2 saturated heterocycles. The molecular formula is C23H49N3. The van der Waals surface area contributed by atoms with E-state index in [0.717, 1.165) is 11.5 Å². The second-order valence-corrected chi connectivity index (χ2v) is 9.23. The van der Waals surface area contributed by atoms with Gasteiger partial charge in [-0.25, -0.2) is 0 Å². The summed E-state index contributed by atoms with van der Waals surface area (Å²) < 4.78 is 0. The standard InChI is InChI=1S/C19H37N3.2C2H6/c1-18(2,3)22-15-13-21(14-16-22)17-5-7-19(8-6-17)9-11-20(4)12-10-19;2*1-2/h17H,5-16H2,1-4H3;2*1-2H3. The first-order chi connectivity index (χ1) is 12.4. The zero-order valence-corrected chi connectivity index (χ0v) is 19.4. The molecule has 3 nitrogen and oxygen atoms in total. The van der Waals surface area contributed by atoms with E-state index in [2.05, 4.69) is 42.5 Å². The largest absolute Gasteiger partial charge is 0.306 e. The van der Waals surface area contributed by atoms with Gasteiger partial charge >= 0.3 is 0 Å². The van der Waals surface area contributed by atoms with Crippen LogP contribution in [0.1, 0.15) is 87.0 Å². The highest BCUT2D eigenvalue weighted by Gasteiger charge is 2.39. The molecular weight excluding hydrogens is 318 g/mol. The summed E-state index contributed by atoms with van der Waals surface area (Å²) in [6.45, 7) is 22.8. The molecule has 0 atom stereocenters. The van der Waals surface area contributed by atoms with Crippen molar-refractivity contribution in [3.05, 3.63) is 0 Å². The third-order valence-electron chi connectivity index (χ3n) is 6.84. The Morgan fingerprint density at radius 3 is 1.58 bits per heavy atom. The zero-order chi connectivity index (χ0) is 19.8. The Kier molecular flexibility index (Phi) is 10.1. The van der Waals surface area contributed by atoms with E-state index in [1.54, 1.807) is 0 Å². The Balaban J connectivity index is 0.000000791. The number of piperazine rings is 1. The fourth-order valence-corrected chi connectivity index (χ4v) is 4.93. The van der Waals surface area contributed by atoms with Crippen LogP contribution in [-0.4, -0.2) is 72.6 Å². The van der Waals surface area contributed by atoms with Crippen molar-refractivity contribution in [1.29, 1.82) is 0 Å². The summed E-state index contributed by atoms with van der Waals surface area (Å²) in [4.78, 5) is 7.98. The van der Waals surface area contributed by atoms with E-state index in [0.29, 0.717) is 5.54 Å². The fourth-order valence-electron chi connectivity index (χ4n) is 4.93. The van der Waals surface area contributed by atoms with Gasteiger partial charge in [0.15, 0.2) is 0 Å². The zero-order valence-electron chi connectivity index (χ0n) is 19.4. The van der Waals surface area contributed by atoms with E-state index in [-0.39, 0.29) is 0 Å². The predicted molar refractivity (Wildman–Crippen MR) is 117 cm³/mol. The summed E-state index contributed by atoms with van der Waals surface area (Å²) in [6.07, 6.45) is 8.80. The highest BCUT2D eigenvalue weighted by Crippen LogP contribution is 2.45. The molecule has 0 unspecified atom stereocenters. The second kappa shape index (κ2) is 11.0. The van der Waals surface area contributed by atoms with E-state index in [1.165, 1.54) is 77.8 Å². The predicted octanol–water partition coefficient (Wildman–Crippen LogP) is 5.11. The third-order valence-corrected chi connectivity index (χ3v) is 6.84. The van der Waals surface area contributed by atoms with Crippen molar-refractivity contribution in [2.24, 2.45) is 5.41 Å². The monoisotopic (exact) mass is 367 g/mol. The number of hydrogen-bond acceptors (Lipinski definition) is 3. The second-order valence-electron chi connectivity index (χ2n) is 9.23. The van der Waals surface area contributed by atoms with Crippen LogP contribution in [0.15, 0.2) is 0 Å². The quantitative estimate of drug-likeness (QED) is 0.637. The average Bonchev–Trinajstić information content (AvgIpc) is 2.68. The molecule has 0 amide bonds. The third kappa shape index (κ3) is 6.49. The van der Waals surface area contributed by atoms with Crippen LogP contribution < -0.4 is 0 Å². The Hall–Kier alpha value is -0.120. The molecule has 1 aliphatic carbocycles. The van der Waals surface area contributed by atoms with E-state index in [1.807, 2.05) is 27.7 Å². The van der Waals surface area contributed by atoms with Crippen molar-refractivity contribution in [3.63, 3.8) is 0 Å². The lowest BCUT2D eigenvalue weighted by Crippen LogP contribution is -2.56. The summed E-state index contributed by atoms with van der Waals surface area (Å²) in [5.74, 6) is 0. The van der Waals surface area contributed by atoms with Crippen molar-refractivity contribution >= 4 is 0 Å². The molecule has 0 aromatic rings. The van der Waals surface area contributed by atoms with Crippen LogP contribution in [0.5, 0.6) is 0 Å². The van der Waals surface area contributed by atoms with Gasteiger partial charge in [-0.15, -0.1) is 0 Å². The molecule has 3 aliphatic rings. The van der Waals surface area contributed by atoms with Gasteiger partial charge in [-0.2, -0.15) is 0 Å². The Morgan fingerprint density at radius 1 is 0.692 bits per heavy atom. The van der Waals surface area contributed by atoms with Gasteiger partial charge < -0.3 is 4.90 Å². The van der Waals surface area contributed by atoms with E-state index >= 15 is 0 Å². The summed E-state index contributed by atoms with van der Waals surface area (Å²) in [5, 5.41) is 0. The molecule has 1 spiro atoms. The highest BCUT2D eigenvalue weighted by atomic mass is 15.3. The molecule has 2 heterocycles. The average molecular weight is 368 g/mol. The summed E-state index contributed by atoms with van der Waals surface area (Å²) >= 11 is 0. The van der Waals surface area contributed by atoms with Crippen LogP contribution in [0.4, 0.5) is 0 Å². The molecule has 2 aliphatic heterocycles. The van der Waals surface area contributed by atoms with Crippen LogP contribution in [0.2, 0.25) is 0 Å². The van der Waals surface area contributed by atoms with E-state index in [4.69, 9.17) is 0 Å². The molecule has 3 rings (SSSR count). The Bertz CT molecular complexity index is 348. The molecule has 0 bridgehead atoms. The molecule has 0 aromatic heterocycles. The fraction of sp³-hybridized carbons (Fsp3) is 1.00. The molecule has 1 saturated carbocycles. The van der Waals surface area contributed by atoms with Gasteiger partial charge in [-0.05, 0) is 84.8 Å². The number of hydrogen-bond donors (Lipinski definition) is 0. The number of nitrogens with zero attached hydrogens (tertiary/aromatic N) is 3. The maximum atomic E-state index is 2.81. The van der Waals surface area contributed by atoms with Gasteiger partial charge in [0.25, 0.3) is 0 Å². The summed E-state index contributed by atoms with van der Waals surface area (Å²) in [6, 6.07) is 0.882. The topological polar surface area (TPSA) is 9.72 Å². The molecule has 26 heavy (non-hydrogen) atoms. The van der Waals surface area contributed by atoms with Gasteiger partial charge in [0.05, 0.1) is 0 Å². The molecule has 3 fully saturated rings. The van der Waals surface area contributed by atoms with Crippen LogP contribution in [0.3, 0.4) is 0 Å². The first-order valence-electron chi connectivity index (χ1n) is 11.6. The first-order valence-corrected chi connectivity index (χ1v) is 11.6. The first kappa shape index (κ1) is 23.9. The van der Waals surface area contributed by atoms with Crippen molar-refractivity contribution in [3.8, 4) is 0 Å². The van der Waals surface area contributed by atoms with E-state index in [9.17, 15) is 0 Å². The van der Waals surface area contributed by atoms with Crippen LogP contribution in [-0.2, 0) is 0 Å². The Labute approximate surface area is 165 Å². The summed E-state index contributed by atoms with van der Waals surface area (Å²) in [7, 11) is 2.28. The maximum Gasteiger partial charge on any atom is 0.0126 e. The number of likely N-dealkylation sites (tertiary alicyclic amines) is 1. The lowest BCUT2D eigenvalue weighted by Gasteiger charge is -2.49. The van der Waals surface area contributed by atoms with Gasteiger partial charge in [-0.1, -0.05) is 27.7 Å². The van der Waals surface area contributed by atoms with Crippen molar-refractivity contribution < 1.29 is 0 Å². The van der Waals surface area contributed by atoms with Crippen molar-refractivity contribution in [1.82, 2.24) is 14.7 Å². The number of rotatable bonds is 1. The van der Waals surface area contributed by atoms with Crippen LogP contribution in [0, 0.1) is 5.41 Å². The molecule has 0 radical (unpaired) electrons.